The Hall–Kier alpha value is -2.70. The minimum absolute atomic E-state index is 0.0685. The van der Waals surface area contributed by atoms with E-state index in [9.17, 15) is 14.7 Å². The average Bonchev–Trinajstić information content (AvgIpc) is 3.21. The molecule has 1 unspecified atom stereocenters. The first-order chi connectivity index (χ1) is 11.1. The van der Waals surface area contributed by atoms with E-state index in [0.29, 0.717) is 11.5 Å². The fourth-order valence-electron chi connectivity index (χ4n) is 3.09. The molecule has 1 aromatic carbocycles. The summed E-state index contributed by atoms with van der Waals surface area (Å²) in [5.41, 5.74) is 1.41. The first-order valence-corrected chi connectivity index (χ1v) is 7.64. The average molecular weight is 314 g/mol. The van der Waals surface area contributed by atoms with E-state index in [0.717, 1.165) is 31.2 Å². The maximum atomic E-state index is 12.3. The van der Waals surface area contributed by atoms with Crippen molar-refractivity contribution in [1.29, 1.82) is 0 Å². The van der Waals surface area contributed by atoms with Crippen LogP contribution in [0.5, 0.6) is 0 Å². The van der Waals surface area contributed by atoms with Gasteiger partial charge in [-0.05, 0) is 43.0 Å². The number of benzene rings is 1. The minimum atomic E-state index is -1.05. The van der Waals surface area contributed by atoms with Crippen LogP contribution in [0.3, 0.4) is 0 Å². The number of carboxylic acids is 1. The molecule has 1 aromatic heterocycles. The summed E-state index contributed by atoms with van der Waals surface area (Å²) in [6.07, 6.45) is 5.01. The smallest absolute Gasteiger partial charge is 0.316 e. The summed E-state index contributed by atoms with van der Waals surface area (Å²) >= 11 is 0. The highest BCUT2D eigenvalue weighted by molar-refractivity contribution is 6.04. The molecule has 7 nitrogen and oxygen atoms in total. The summed E-state index contributed by atoms with van der Waals surface area (Å²) in [6, 6.07) is 7.04. The second-order valence-electron chi connectivity index (χ2n) is 5.76. The molecule has 1 aliphatic carbocycles. The second-order valence-corrected chi connectivity index (χ2v) is 5.76. The number of nitrogens with one attached hydrogen (secondary N) is 2. The van der Waals surface area contributed by atoms with E-state index in [1.807, 2.05) is 0 Å². The molecule has 23 heavy (non-hydrogen) atoms. The van der Waals surface area contributed by atoms with Crippen molar-refractivity contribution < 1.29 is 14.7 Å². The van der Waals surface area contributed by atoms with Gasteiger partial charge in [-0.15, -0.1) is 0 Å². The number of nitrogens with zero attached hydrogens (tertiary/aromatic N) is 2. The van der Waals surface area contributed by atoms with Gasteiger partial charge >= 0.3 is 5.97 Å². The van der Waals surface area contributed by atoms with Crippen molar-refractivity contribution in [3.05, 3.63) is 30.6 Å². The standard InChI is InChI=1S/C16H18N4O3/c21-15(13(16(22)23)10-3-1-2-4-10)19-12-7-5-11(6-8-12)14-17-9-18-20-14/h5-10,13H,1-4H2,(H,19,21)(H,22,23)(H,17,18,20). The molecule has 120 valence electrons. The zero-order valence-electron chi connectivity index (χ0n) is 12.5. The maximum absolute atomic E-state index is 12.3. The summed E-state index contributed by atoms with van der Waals surface area (Å²) in [4.78, 5) is 27.8. The van der Waals surface area contributed by atoms with Crippen LogP contribution in [0, 0.1) is 11.8 Å². The lowest BCUT2D eigenvalue weighted by molar-refractivity contribution is -0.147. The van der Waals surface area contributed by atoms with Gasteiger partial charge in [0.1, 0.15) is 12.2 Å². The zero-order valence-corrected chi connectivity index (χ0v) is 12.5. The van der Waals surface area contributed by atoms with Crippen LogP contribution in [-0.2, 0) is 9.59 Å². The number of rotatable bonds is 5. The van der Waals surface area contributed by atoms with E-state index < -0.39 is 17.8 Å². The molecule has 0 radical (unpaired) electrons. The number of anilines is 1. The number of H-pyrrole nitrogens is 1. The Morgan fingerprint density at radius 1 is 1.22 bits per heavy atom. The summed E-state index contributed by atoms with van der Waals surface area (Å²) in [7, 11) is 0. The number of hydrogen-bond donors (Lipinski definition) is 3. The van der Waals surface area contributed by atoms with E-state index in [1.165, 1.54) is 6.33 Å². The SMILES string of the molecule is O=C(O)C(C(=O)Nc1ccc(-c2ncn[nH]2)cc1)C1CCCC1. The summed E-state index contributed by atoms with van der Waals surface area (Å²) < 4.78 is 0. The van der Waals surface area contributed by atoms with Crippen molar-refractivity contribution in [3.8, 4) is 11.4 Å². The predicted molar refractivity (Wildman–Crippen MR) is 83.5 cm³/mol. The van der Waals surface area contributed by atoms with Crippen LogP contribution in [0.1, 0.15) is 25.7 Å². The molecule has 3 rings (SSSR count). The fourth-order valence-corrected chi connectivity index (χ4v) is 3.09. The van der Waals surface area contributed by atoms with Gasteiger partial charge in [-0.2, -0.15) is 5.10 Å². The van der Waals surface area contributed by atoms with Gasteiger partial charge < -0.3 is 10.4 Å². The van der Waals surface area contributed by atoms with Crippen molar-refractivity contribution in [2.75, 3.05) is 5.32 Å². The molecule has 0 aliphatic heterocycles. The van der Waals surface area contributed by atoms with Crippen LogP contribution in [0.15, 0.2) is 30.6 Å². The first kappa shape index (κ1) is 15.2. The fraction of sp³-hybridized carbons (Fsp3) is 0.375. The Kier molecular flexibility index (Phi) is 4.36. The number of carbonyl (C=O) groups is 2. The number of aromatic nitrogens is 3. The molecule has 0 saturated heterocycles. The third-order valence-electron chi connectivity index (χ3n) is 4.26. The van der Waals surface area contributed by atoms with Crippen molar-refractivity contribution >= 4 is 17.6 Å². The Balaban J connectivity index is 1.70. The topological polar surface area (TPSA) is 108 Å². The zero-order chi connectivity index (χ0) is 16.2. The normalized spacial score (nSPS) is 16.2. The predicted octanol–water partition coefficient (Wildman–Crippen LogP) is 2.30. The Morgan fingerprint density at radius 2 is 1.91 bits per heavy atom. The van der Waals surface area contributed by atoms with E-state index in [2.05, 4.69) is 20.5 Å². The summed E-state index contributed by atoms with van der Waals surface area (Å²) in [6.45, 7) is 0. The van der Waals surface area contributed by atoms with Gasteiger partial charge in [-0.3, -0.25) is 14.7 Å². The van der Waals surface area contributed by atoms with Crippen molar-refractivity contribution in [2.45, 2.75) is 25.7 Å². The maximum Gasteiger partial charge on any atom is 0.316 e. The second kappa shape index (κ2) is 6.60. The van der Waals surface area contributed by atoms with E-state index in [-0.39, 0.29) is 5.92 Å². The van der Waals surface area contributed by atoms with Gasteiger partial charge in [-0.25, -0.2) is 4.98 Å². The lowest BCUT2D eigenvalue weighted by Gasteiger charge is -2.18. The van der Waals surface area contributed by atoms with E-state index in [1.54, 1.807) is 24.3 Å². The van der Waals surface area contributed by atoms with Gasteiger partial charge in [0.25, 0.3) is 0 Å². The summed E-state index contributed by atoms with van der Waals surface area (Å²) in [5, 5.41) is 18.6. The molecule has 0 spiro atoms. The van der Waals surface area contributed by atoms with Gasteiger partial charge in [0.05, 0.1) is 0 Å². The summed E-state index contributed by atoms with van der Waals surface area (Å²) in [5.74, 6) is -1.91. The quantitative estimate of drug-likeness (QED) is 0.734. The van der Waals surface area contributed by atoms with E-state index >= 15 is 0 Å². The van der Waals surface area contributed by atoms with Crippen molar-refractivity contribution in [1.82, 2.24) is 15.2 Å². The number of aliphatic carboxylic acids is 1. The Morgan fingerprint density at radius 3 is 2.48 bits per heavy atom. The number of carbonyl (C=O) groups excluding carboxylic acids is 1. The van der Waals surface area contributed by atoms with Crippen LogP contribution in [0.2, 0.25) is 0 Å². The monoisotopic (exact) mass is 314 g/mol. The lowest BCUT2D eigenvalue weighted by Crippen LogP contribution is -2.34. The Bertz CT molecular complexity index is 676. The highest BCUT2D eigenvalue weighted by Crippen LogP contribution is 2.32. The third kappa shape index (κ3) is 3.39. The molecule has 0 bridgehead atoms. The van der Waals surface area contributed by atoms with Crippen molar-refractivity contribution in [3.63, 3.8) is 0 Å². The highest BCUT2D eigenvalue weighted by Gasteiger charge is 2.36. The van der Waals surface area contributed by atoms with E-state index in [4.69, 9.17) is 0 Å². The van der Waals surface area contributed by atoms with Gasteiger partial charge in [0.2, 0.25) is 5.91 Å². The molecule has 2 aromatic rings. The highest BCUT2D eigenvalue weighted by atomic mass is 16.4. The molecular formula is C16H18N4O3. The molecule has 1 saturated carbocycles. The molecule has 1 heterocycles. The number of aromatic amines is 1. The molecule has 1 amide bonds. The van der Waals surface area contributed by atoms with Gasteiger partial charge in [-0.1, -0.05) is 12.8 Å². The molecule has 3 N–H and O–H groups in total. The molecule has 1 aliphatic rings. The number of hydrogen-bond acceptors (Lipinski definition) is 4. The van der Waals surface area contributed by atoms with Crippen LogP contribution in [0.4, 0.5) is 5.69 Å². The van der Waals surface area contributed by atoms with Gasteiger partial charge in [0.15, 0.2) is 5.82 Å². The molecule has 7 heteroatoms. The molecule has 1 atom stereocenters. The Labute approximate surface area is 133 Å². The minimum Gasteiger partial charge on any atom is -0.481 e. The molecular weight excluding hydrogens is 296 g/mol. The number of carboxylic acid groups (broad SMARTS) is 1. The van der Waals surface area contributed by atoms with Gasteiger partial charge in [0, 0.05) is 11.3 Å². The first-order valence-electron chi connectivity index (χ1n) is 7.64. The van der Waals surface area contributed by atoms with Crippen LogP contribution >= 0.6 is 0 Å². The number of amides is 1. The van der Waals surface area contributed by atoms with Crippen LogP contribution in [0.25, 0.3) is 11.4 Å². The largest absolute Gasteiger partial charge is 0.481 e. The van der Waals surface area contributed by atoms with Crippen LogP contribution < -0.4 is 5.32 Å². The van der Waals surface area contributed by atoms with Crippen molar-refractivity contribution in [2.24, 2.45) is 11.8 Å². The lowest BCUT2D eigenvalue weighted by atomic mass is 9.90. The third-order valence-corrected chi connectivity index (χ3v) is 4.26. The molecule has 1 fully saturated rings. The van der Waals surface area contributed by atoms with Crippen LogP contribution in [-0.4, -0.2) is 32.2 Å².